The molecule has 0 aliphatic carbocycles. The summed E-state index contributed by atoms with van der Waals surface area (Å²) in [6, 6.07) is 9.44. The predicted octanol–water partition coefficient (Wildman–Crippen LogP) is 2.16. The van der Waals surface area contributed by atoms with E-state index in [1.807, 2.05) is 41.4 Å². The van der Waals surface area contributed by atoms with Crippen molar-refractivity contribution in [2.75, 3.05) is 31.1 Å². The van der Waals surface area contributed by atoms with Gasteiger partial charge in [-0.1, -0.05) is 0 Å². The Morgan fingerprint density at radius 3 is 2.58 bits per heavy atom. The molecule has 2 saturated heterocycles. The Kier molecular flexibility index (Phi) is 5.15. The van der Waals surface area contributed by atoms with E-state index in [-0.39, 0.29) is 11.3 Å². The standard InChI is InChI=1S/C23H26N6O2/c30-20-14-23(17-28(16-20)21-15-24-9-10-25-21)6-12-27(13-7-23)22(31)18-2-4-19(5-3-18)29-11-1-8-26-29/h1-5,8-11,15,20,30H,6-7,12-14,16-17H2. The van der Waals surface area contributed by atoms with Gasteiger partial charge in [0.1, 0.15) is 5.82 Å². The third-order valence-electron chi connectivity index (χ3n) is 6.49. The van der Waals surface area contributed by atoms with Crippen LogP contribution in [0.15, 0.2) is 61.3 Å². The normalized spacial score (nSPS) is 20.7. The summed E-state index contributed by atoms with van der Waals surface area (Å²) in [5, 5.41) is 14.8. The number of rotatable bonds is 3. The molecule has 1 amide bonds. The number of aliphatic hydroxyl groups excluding tert-OH is 1. The number of aliphatic hydroxyl groups is 1. The van der Waals surface area contributed by atoms with Crippen LogP contribution in [0.2, 0.25) is 0 Å². The molecule has 8 nitrogen and oxygen atoms in total. The Hall–Kier alpha value is -3.26. The van der Waals surface area contributed by atoms with Crippen molar-refractivity contribution in [1.29, 1.82) is 0 Å². The molecule has 0 saturated carbocycles. The van der Waals surface area contributed by atoms with Gasteiger partial charge in [-0.3, -0.25) is 9.78 Å². The fraction of sp³-hybridized carbons (Fsp3) is 0.391. The molecule has 1 N–H and O–H groups in total. The molecule has 5 rings (SSSR count). The lowest BCUT2D eigenvalue weighted by molar-refractivity contribution is 0.0246. The van der Waals surface area contributed by atoms with Crippen molar-refractivity contribution in [3.63, 3.8) is 0 Å². The quantitative estimate of drug-likeness (QED) is 0.701. The minimum atomic E-state index is -0.396. The van der Waals surface area contributed by atoms with E-state index in [0.29, 0.717) is 25.2 Å². The minimum Gasteiger partial charge on any atom is -0.391 e. The minimum absolute atomic E-state index is 0.00405. The van der Waals surface area contributed by atoms with Crippen LogP contribution < -0.4 is 4.90 Å². The Labute approximate surface area is 181 Å². The smallest absolute Gasteiger partial charge is 0.253 e. The molecular weight excluding hydrogens is 392 g/mol. The largest absolute Gasteiger partial charge is 0.391 e. The molecule has 2 fully saturated rings. The maximum atomic E-state index is 13.0. The van der Waals surface area contributed by atoms with Crippen LogP contribution >= 0.6 is 0 Å². The third-order valence-corrected chi connectivity index (χ3v) is 6.49. The first-order chi connectivity index (χ1) is 15.1. The first-order valence-corrected chi connectivity index (χ1v) is 10.7. The van der Waals surface area contributed by atoms with Gasteiger partial charge in [-0.2, -0.15) is 5.10 Å². The van der Waals surface area contributed by atoms with Gasteiger partial charge < -0.3 is 14.9 Å². The van der Waals surface area contributed by atoms with Gasteiger partial charge >= 0.3 is 0 Å². The van der Waals surface area contributed by atoms with E-state index in [1.165, 1.54) is 0 Å². The molecule has 0 bridgehead atoms. The molecule has 3 aromatic rings. The van der Waals surface area contributed by atoms with Gasteiger partial charge in [0.05, 0.1) is 18.0 Å². The number of β-amino-alcohol motifs (C(OH)–C–C–N with tert-alkyl or cyclic N) is 1. The molecule has 4 heterocycles. The molecule has 1 spiro atoms. The van der Waals surface area contributed by atoms with E-state index in [4.69, 9.17) is 0 Å². The van der Waals surface area contributed by atoms with Crippen LogP contribution in [0.4, 0.5) is 5.82 Å². The molecule has 1 aromatic carbocycles. The molecule has 1 atom stereocenters. The molecule has 0 radical (unpaired) electrons. The van der Waals surface area contributed by atoms with E-state index in [2.05, 4.69) is 20.0 Å². The van der Waals surface area contributed by atoms with E-state index in [1.54, 1.807) is 29.5 Å². The van der Waals surface area contributed by atoms with Crippen molar-refractivity contribution in [3.8, 4) is 5.69 Å². The van der Waals surface area contributed by atoms with Crippen LogP contribution in [0.5, 0.6) is 0 Å². The zero-order valence-corrected chi connectivity index (χ0v) is 17.3. The third kappa shape index (κ3) is 4.03. The van der Waals surface area contributed by atoms with Crippen LogP contribution in [-0.4, -0.2) is 67.9 Å². The predicted molar refractivity (Wildman–Crippen MR) is 116 cm³/mol. The maximum absolute atomic E-state index is 13.0. The fourth-order valence-corrected chi connectivity index (χ4v) is 4.89. The Morgan fingerprint density at radius 1 is 1.10 bits per heavy atom. The molecule has 2 aliphatic heterocycles. The second kappa shape index (κ2) is 8.11. The number of piperidine rings is 2. The lowest BCUT2D eigenvalue weighted by Crippen LogP contribution is -2.54. The fourth-order valence-electron chi connectivity index (χ4n) is 4.89. The van der Waals surface area contributed by atoms with Crippen LogP contribution in [0, 0.1) is 5.41 Å². The van der Waals surface area contributed by atoms with Crippen molar-refractivity contribution in [3.05, 3.63) is 66.9 Å². The number of anilines is 1. The van der Waals surface area contributed by atoms with Gasteiger partial charge in [-0.25, -0.2) is 9.67 Å². The zero-order chi connectivity index (χ0) is 21.3. The zero-order valence-electron chi connectivity index (χ0n) is 17.3. The van der Waals surface area contributed by atoms with Gasteiger partial charge in [0, 0.05) is 56.5 Å². The summed E-state index contributed by atoms with van der Waals surface area (Å²) in [4.78, 5) is 25.7. The van der Waals surface area contributed by atoms with Gasteiger partial charge in [-0.15, -0.1) is 0 Å². The Bertz CT molecular complexity index is 1010. The number of carbonyl (C=O) groups is 1. The number of nitrogens with zero attached hydrogens (tertiary/aromatic N) is 6. The number of benzene rings is 1. The van der Waals surface area contributed by atoms with Crippen LogP contribution in [0.1, 0.15) is 29.6 Å². The Morgan fingerprint density at radius 2 is 1.90 bits per heavy atom. The van der Waals surface area contributed by atoms with Crippen LogP contribution in [-0.2, 0) is 0 Å². The number of hydrogen-bond donors (Lipinski definition) is 1. The summed E-state index contributed by atoms with van der Waals surface area (Å²) in [6.07, 6.45) is 10.8. The average Bonchev–Trinajstić information content (AvgIpc) is 3.34. The number of amides is 1. The number of likely N-dealkylation sites (tertiary alicyclic amines) is 1. The number of carbonyl (C=O) groups excluding carboxylic acids is 1. The topological polar surface area (TPSA) is 87.4 Å². The molecule has 31 heavy (non-hydrogen) atoms. The molecule has 1 unspecified atom stereocenters. The van der Waals surface area contributed by atoms with E-state index >= 15 is 0 Å². The first kappa shape index (κ1) is 19.7. The number of aromatic nitrogens is 4. The van der Waals surface area contributed by atoms with Crippen molar-refractivity contribution >= 4 is 11.7 Å². The average molecular weight is 419 g/mol. The van der Waals surface area contributed by atoms with Gasteiger partial charge in [0.25, 0.3) is 5.91 Å². The van der Waals surface area contributed by atoms with Gasteiger partial charge in [0.15, 0.2) is 0 Å². The summed E-state index contributed by atoms with van der Waals surface area (Å²) in [6.45, 7) is 2.80. The summed E-state index contributed by atoms with van der Waals surface area (Å²) < 4.78 is 1.77. The second-order valence-corrected chi connectivity index (χ2v) is 8.59. The van der Waals surface area contributed by atoms with E-state index in [0.717, 1.165) is 37.3 Å². The lowest BCUT2D eigenvalue weighted by Gasteiger charge is -2.49. The summed E-state index contributed by atoms with van der Waals surface area (Å²) in [5.41, 5.74) is 1.62. The van der Waals surface area contributed by atoms with E-state index < -0.39 is 6.10 Å². The highest BCUT2D eigenvalue weighted by Crippen LogP contribution is 2.41. The molecular formula is C23H26N6O2. The van der Waals surface area contributed by atoms with Crippen molar-refractivity contribution in [2.24, 2.45) is 5.41 Å². The van der Waals surface area contributed by atoms with Gasteiger partial charge in [-0.05, 0) is 55.0 Å². The molecule has 2 aliphatic rings. The molecule has 2 aromatic heterocycles. The Balaban J connectivity index is 1.25. The van der Waals surface area contributed by atoms with Crippen molar-refractivity contribution < 1.29 is 9.90 Å². The first-order valence-electron chi connectivity index (χ1n) is 10.7. The summed E-state index contributed by atoms with van der Waals surface area (Å²) in [5.74, 6) is 0.861. The second-order valence-electron chi connectivity index (χ2n) is 8.59. The maximum Gasteiger partial charge on any atom is 0.253 e. The number of hydrogen-bond acceptors (Lipinski definition) is 6. The van der Waals surface area contributed by atoms with Crippen molar-refractivity contribution in [1.82, 2.24) is 24.6 Å². The highest BCUT2D eigenvalue weighted by Gasteiger charge is 2.42. The summed E-state index contributed by atoms with van der Waals surface area (Å²) >= 11 is 0. The van der Waals surface area contributed by atoms with Crippen LogP contribution in [0.25, 0.3) is 5.69 Å². The van der Waals surface area contributed by atoms with Gasteiger partial charge in [0.2, 0.25) is 0 Å². The summed E-state index contributed by atoms with van der Waals surface area (Å²) in [7, 11) is 0. The monoisotopic (exact) mass is 418 g/mol. The molecule has 8 heteroatoms. The highest BCUT2D eigenvalue weighted by molar-refractivity contribution is 5.94. The van der Waals surface area contributed by atoms with E-state index in [9.17, 15) is 9.90 Å². The van der Waals surface area contributed by atoms with Crippen molar-refractivity contribution in [2.45, 2.75) is 25.4 Å². The highest BCUT2D eigenvalue weighted by atomic mass is 16.3. The van der Waals surface area contributed by atoms with Crippen LogP contribution in [0.3, 0.4) is 0 Å². The lowest BCUT2D eigenvalue weighted by atomic mass is 9.71. The SMILES string of the molecule is O=C(c1ccc(-n2cccn2)cc1)N1CCC2(CC1)CC(O)CN(c1cnccn1)C2. The molecule has 160 valence electrons.